The quantitative estimate of drug-likeness (QED) is 0.369. The fourth-order valence-electron chi connectivity index (χ4n) is 9.48. The SMILES string of the molecule is CC(C)[C@@H](O)CC[C@@H](C)[C@H]1C[C@@H](O)C2[C@]3(O)C[C@H](O)C4[C@@H](O)[C@@H](O)CC[C@]4(C)C3CC[C@@]21C. The van der Waals surface area contributed by atoms with E-state index in [0.29, 0.717) is 25.2 Å². The summed E-state index contributed by atoms with van der Waals surface area (Å²) < 4.78 is 0. The first-order valence-electron chi connectivity index (χ1n) is 13.4. The molecule has 13 atom stereocenters. The van der Waals surface area contributed by atoms with Crippen LogP contribution in [0, 0.1) is 46.3 Å². The average Bonchev–Trinajstić information content (AvgIpc) is 3.00. The van der Waals surface area contributed by atoms with Crippen molar-refractivity contribution in [3.8, 4) is 0 Å². The van der Waals surface area contributed by atoms with Crippen molar-refractivity contribution in [2.45, 2.75) is 122 Å². The van der Waals surface area contributed by atoms with Crippen molar-refractivity contribution in [2.75, 3.05) is 0 Å². The van der Waals surface area contributed by atoms with Crippen LogP contribution in [-0.2, 0) is 0 Å². The molecule has 4 aliphatic rings. The average molecular weight is 469 g/mol. The van der Waals surface area contributed by atoms with Crippen molar-refractivity contribution >= 4 is 0 Å². The van der Waals surface area contributed by atoms with Gasteiger partial charge in [0.15, 0.2) is 0 Å². The second-order valence-corrected chi connectivity index (χ2v) is 13.2. The minimum atomic E-state index is -1.19. The van der Waals surface area contributed by atoms with Gasteiger partial charge in [-0.3, -0.25) is 0 Å². The number of hydrogen-bond acceptors (Lipinski definition) is 6. The van der Waals surface area contributed by atoms with E-state index in [1.54, 1.807) is 0 Å². The minimum Gasteiger partial charge on any atom is -0.393 e. The summed E-state index contributed by atoms with van der Waals surface area (Å²) in [6.07, 6.45) is 1.60. The van der Waals surface area contributed by atoms with Gasteiger partial charge in [-0.1, -0.05) is 34.6 Å². The van der Waals surface area contributed by atoms with Gasteiger partial charge in [-0.25, -0.2) is 0 Å². The minimum absolute atomic E-state index is 0.120. The van der Waals surface area contributed by atoms with Crippen molar-refractivity contribution in [3.63, 3.8) is 0 Å². The molecule has 6 nitrogen and oxygen atoms in total. The maximum Gasteiger partial charge on any atom is 0.0857 e. The maximum absolute atomic E-state index is 12.3. The molecule has 6 N–H and O–H groups in total. The first-order valence-corrected chi connectivity index (χ1v) is 13.4. The van der Waals surface area contributed by atoms with Gasteiger partial charge in [0.2, 0.25) is 0 Å². The molecule has 4 saturated carbocycles. The third-order valence-corrected chi connectivity index (χ3v) is 11.2. The Labute approximate surface area is 199 Å². The molecule has 0 radical (unpaired) electrons. The summed E-state index contributed by atoms with van der Waals surface area (Å²) in [4.78, 5) is 0. The lowest BCUT2D eigenvalue weighted by molar-refractivity contribution is -0.280. The van der Waals surface area contributed by atoms with Crippen molar-refractivity contribution in [2.24, 2.45) is 46.3 Å². The highest BCUT2D eigenvalue weighted by Crippen LogP contribution is 2.69. The number of aliphatic hydroxyl groups is 6. The van der Waals surface area contributed by atoms with Crippen LogP contribution in [0.5, 0.6) is 0 Å². The predicted molar refractivity (Wildman–Crippen MR) is 126 cm³/mol. The standard InChI is InChI=1S/C27H48O6/c1-14(2)17(28)7-6-15(3)16-12-19(30)24-25(16,4)11-9-21-26(5)10-8-18(29)23(32)22(26)20(31)13-27(21,24)33/h14-24,28-33H,6-13H2,1-5H3/t15-,16-,17+,18+,19-,20+,21?,22?,23+,24?,25-,26-,27+/m1/s1. The molecule has 192 valence electrons. The zero-order chi connectivity index (χ0) is 24.5. The highest BCUT2D eigenvalue weighted by molar-refractivity contribution is 5.20. The Morgan fingerprint density at radius 3 is 2.12 bits per heavy atom. The number of hydrogen-bond donors (Lipinski definition) is 6. The monoisotopic (exact) mass is 468 g/mol. The highest BCUT2D eigenvalue weighted by atomic mass is 16.3. The fourth-order valence-corrected chi connectivity index (χ4v) is 9.48. The van der Waals surface area contributed by atoms with E-state index in [9.17, 15) is 30.6 Å². The molecule has 3 unspecified atom stereocenters. The summed E-state index contributed by atoms with van der Waals surface area (Å²) in [5.41, 5.74) is -1.90. The molecule has 0 amide bonds. The van der Waals surface area contributed by atoms with E-state index < -0.39 is 41.3 Å². The molecule has 0 spiro atoms. The molecule has 0 aliphatic heterocycles. The van der Waals surface area contributed by atoms with Crippen LogP contribution < -0.4 is 0 Å². The van der Waals surface area contributed by atoms with Gasteiger partial charge >= 0.3 is 0 Å². The van der Waals surface area contributed by atoms with E-state index >= 15 is 0 Å². The lowest BCUT2D eigenvalue weighted by atomic mass is 9.41. The first kappa shape index (κ1) is 25.8. The highest BCUT2D eigenvalue weighted by Gasteiger charge is 2.71. The van der Waals surface area contributed by atoms with Gasteiger partial charge < -0.3 is 30.6 Å². The maximum atomic E-state index is 12.3. The lowest BCUT2D eigenvalue weighted by Gasteiger charge is -2.66. The van der Waals surface area contributed by atoms with Gasteiger partial charge in [0.1, 0.15) is 0 Å². The molecule has 4 aliphatic carbocycles. The molecule has 0 bridgehead atoms. The molecule has 0 saturated heterocycles. The van der Waals surface area contributed by atoms with E-state index in [1.165, 1.54) is 0 Å². The molecule has 0 heterocycles. The lowest BCUT2D eigenvalue weighted by Crippen LogP contribution is -2.70. The van der Waals surface area contributed by atoms with Crippen LogP contribution in [0.4, 0.5) is 0 Å². The zero-order valence-corrected chi connectivity index (χ0v) is 21.2. The van der Waals surface area contributed by atoms with E-state index in [-0.39, 0.29) is 41.6 Å². The fraction of sp³-hybridized carbons (Fsp3) is 1.00. The van der Waals surface area contributed by atoms with E-state index in [4.69, 9.17) is 0 Å². The normalized spacial score (nSPS) is 53.8. The van der Waals surface area contributed by atoms with Crippen LogP contribution in [0.15, 0.2) is 0 Å². The van der Waals surface area contributed by atoms with Crippen LogP contribution in [0.25, 0.3) is 0 Å². The zero-order valence-electron chi connectivity index (χ0n) is 21.2. The largest absolute Gasteiger partial charge is 0.393 e. The third kappa shape index (κ3) is 3.82. The summed E-state index contributed by atoms with van der Waals surface area (Å²) in [5.74, 6) is -0.0861. The van der Waals surface area contributed by atoms with Gasteiger partial charge in [0, 0.05) is 18.3 Å². The van der Waals surface area contributed by atoms with Crippen LogP contribution >= 0.6 is 0 Å². The molecule has 0 aromatic carbocycles. The van der Waals surface area contributed by atoms with Crippen LogP contribution in [0.2, 0.25) is 0 Å². The van der Waals surface area contributed by atoms with E-state index in [0.717, 1.165) is 25.7 Å². The second kappa shape index (κ2) is 8.70. The second-order valence-electron chi connectivity index (χ2n) is 13.2. The van der Waals surface area contributed by atoms with Crippen LogP contribution in [0.3, 0.4) is 0 Å². The molecular formula is C27H48O6. The molecule has 4 rings (SSSR count). The number of aliphatic hydroxyl groups excluding tert-OH is 5. The Morgan fingerprint density at radius 1 is 0.848 bits per heavy atom. The first-order chi connectivity index (χ1) is 15.3. The summed E-state index contributed by atoms with van der Waals surface area (Å²) in [6.45, 7) is 10.6. The molecule has 0 aromatic rings. The number of rotatable bonds is 5. The smallest absolute Gasteiger partial charge is 0.0857 e. The molecule has 4 fully saturated rings. The Morgan fingerprint density at radius 2 is 1.48 bits per heavy atom. The topological polar surface area (TPSA) is 121 Å². The summed E-state index contributed by atoms with van der Waals surface area (Å²) in [7, 11) is 0. The molecule has 33 heavy (non-hydrogen) atoms. The van der Waals surface area contributed by atoms with E-state index in [1.807, 2.05) is 13.8 Å². The van der Waals surface area contributed by atoms with Gasteiger partial charge in [-0.15, -0.1) is 0 Å². The van der Waals surface area contributed by atoms with Crippen molar-refractivity contribution < 1.29 is 30.6 Å². The Kier molecular flexibility index (Phi) is 6.82. The van der Waals surface area contributed by atoms with Crippen LogP contribution in [0.1, 0.15) is 86.0 Å². The Hall–Kier alpha value is -0.240. The van der Waals surface area contributed by atoms with Gasteiger partial charge in [0.25, 0.3) is 0 Å². The van der Waals surface area contributed by atoms with Crippen molar-refractivity contribution in [3.05, 3.63) is 0 Å². The third-order valence-electron chi connectivity index (χ3n) is 11.2. The summed E-state index contributed by atoms with van der Waals surface area (Å²) in [6, 6.07) is 0. The Balaban J connectivity index is 1.61. The summed E-state index contributed by atoms with van der Waals surface area (Å²) in [5, 5.41) is 66.2. The van der Waals surface area contributed by atoms with E-state index in [2.05, 4.69) is 20.8 Å². The number of fused-ring (bicyclic) bond motifs is 5. The van der Waals surface area contributed by atoms with Crippen molar-refractivity contribution in [1.82, 2.24) is 0 Å². The predicted octanol–water partition coefficient (Wildman–Crippen LogP) is 2.47. The van der Waals surface area contributed by atoms with Crippen molar-refractivity contribution in [1.29, 1.82) is 0 Å². The molecular weight excluding hydrogens is 420 g/mol. The van der Waals surface area contributed by atoms with Crippen LogP contribution in [-0.4, -0.2) is 66.8 Å². The van der Waals surface area contributed by atoms with Gasteiger partial charge in [0.05, 0.1) is 36.1 Å². The molecule has 0 aromatic heterocycles. The summed E-state index contributed by atoms with van der Waals surface area (Å²) >= 11 is 0. The van der Waals surface area contributed by atoms with Gasteiger partial charge in [-0.2, -0.15) is 0 Å². The van der Waals surface area contributed by atoms with Gasteiger partial charge in [-0.05, 0) is 79.4 Å². The molecule has 6 heteroatoms. The Bertz CT molecular complexity index is 715.